The van der Waals surface area contributed by atoms with Crippen LogP contribution in [0.5, 0.6) is 0 Å². The van der Waals surface area contributed by atoms with Gasteiger partial charge in [-0.2, -0.15) is 0 Å². The lowest BCUT2D eigenvalue weighted by Crippen LogP contribution is -2.23. The van der Waals surface area contributed by atoms with E-state index in [-0.39, 0.29) is 0 Å². The Balaban J connectivity index is 2.17. The molecule has 0 aromatic carbocycles. The maximum Gasteiger partial charge on any atom is 0.0620 e. The van der Waals surface area contributed by atoms with Gasteiger partial charge < -0.3 is 0 Å². The Bertz CT molecular complexity index is 302. The summed E-state index contributed by atoms with van der Waals surface area (Å²) >= 11 is 3.73. The first kappa shape index (κ1) is 11.1. The summed E-state index contributed by atoms with van der Waals surface area (Å²) < 4.78 is 0. The lowest BCUT2D eigenvalue weighted by atomic mass is 9.76. The van der Waals surface area contributed by atoms with Crippen LogP contribution in [0.4, 0.5) is 0 Å². The molecule has 1 fully saturated rings. The van der Waals surface area contributed by atoms with E-state index in [0.717, 1.165) is 5.92 Å². The third-order valence-electron chi connectivity index (χ3n) is 3.42. The van der Waals surface area contributed by atoms with Crippen molar-refractivity contribution in [3.05, 3.63) is 24.3 Å². The van der Waals surface area contributed by atoms with E-state index in [4.69, 9.17) is 0 Å². The Morgan fingerprint density at radius 3 is 2.93 bits per heavy atom. The van der Waals surface area contributed by atoms with Gasteiger partial charge in [-0.15, -0.1) is 0 Å². The molecule has 0 radical (unpaired) electrons. The van der Waals surface area contributed by atoms with Crippen LogP contribution in [0.25, 0.3) is 0 Å². The lowest BCUT2D eigenvalue weighted by Gasteiger charge is -2.33. The van der Waals surface area contributed by atoms with Gasteiger partial charge in [0, 0.05) is 29.3 Å². The van der Waals surface area contributed by atoms with Crippen LogP contribution >= 0.6 is 15.9 Å². The Morgan fingerprint density at radius 2 is 2.27 bits per heavy atom. The molecule has 15 heavy (non-hydrogen) atoms. The fraction of sp³-hybridized carbons (Fsp3) is 0.667. The van der Waals surface area contributed by atoms with Gasteiger partial charge in [0.05, 0.1) is 5.69 Å². The van der Waals surface area contributed by atoms with Gasteiger partial charge in [0.1, 0.15) is 0 Å². The molecule has 1 aromatic rings. The summed E-state index contributed by atoms with van der Waals surface area (Å²) in [5.41, 5.74) is 1.17. The highest BCUT2D eigenvalue weighted by Crippen LogP contribution is 2.40. The van der Waals surface area contributed by atoms with Gasteiger partial charge in [-0.3, -0.25) is 9.97 Å². The Morgan fingerprint density at radius 1 is 1.40 bits per heavy atom. The molecule has 3 heteroatoms. The highest BCUT2D eigenvalue weighted by Gasteiger charge is 2.30. The largest absolute Gasteiger partial charge is 0.261 e. The third-order valence-corrected chi connectivity index (χ3v) is 4.25. The van der Waals surface area contributed by atoms with Crippen molar-refractivity contribution in [3.63, 3.8) is 0 Å². The summed E-state index contributed by atoms with van der Waals surface area (Å²) in [6, 6.07) is 0. The van der Waals surface area contributed by atoms with Crippen LogP contribution in [0.15, 0.2) is 18.6 Å². The summed E-state index contributed by atoms with van der Waals surface area (Å²) in [6.45, 7) is 2.28. The van der Waals surface area contributed by atoms with Crippen molar-refractivity contribution in [2.45, 2.75) is 43.4 Å². The molecule has 1 aromatic heterocycles. The van der Waals surface area contributed by atoms with Gasteiger partial charge in [-0.1, -0.05) is 29.3 Å². The molecule has 0 saturated heterocycles. The van der Waals surface area contributed by atoms with Crippen molar-refractivity contribution in [2.24, 2.45) is 5.92 Å². The quantitative estimate of drug-likeness (QED) is 0.767. The van der Waals surface area contributed by atoms with Crippen LogP contribution in [0.3, 0.4) is 0 Å². The van der Waals surface area contributed by atoms with E-state index < -0.39 is 0 Å². The predicted octanol–water partition coefficient (Wildman–Crippen LogP) is 3.53. The number of nitrogens with zero attached hydrogens (tertiary/aromatic N) is 2. The number of halogens is 1. The molecule has 1 heterocycles. The fourth-order valence-corrected chi connectivity index (χ4v) is 3.20. The maximum atomic E-state index is 4.45. The Labute approximate surface area is 99.7 Å². The van der Waals surface area contributed by atoms with Gasteiger partial charge in [0.25, 0.3) is 0 Å². The molecule has 3 unspecified atom stereocenters. The van der Waals surface area contributed by atoms with Crippen LogP contribution in [-0.2, 0) is 0 Å². The monoisotopic (exact) mass is 268 g/mol. The summed E-state index contributed by atoms with van der Waals surface area (Å²) in [4.78, 5) is 9.29. The molecule has 0 bridgehead atoms. The molecule has 1 aliphatic carbocycles. The van der Waals surface area contributed by atoms with Crippen LogP contribution in [0.2, 0.25) is 0 Å². The fourth-order valence-electron chi connectivity index (χ4n) is 2.53. The Hall–Kier alpha value is -0.440. The van der Waals surface area contributed by atoms with Gasteiger partial charge in [-0.25, -0.2) is 0 Å². The molecule has 3 atom stereocenters. The third kappa shape index (κ3) is 2.57. The lowest BCUT2D eigenvalue weighted by molar-refractivity contribution is 0.302. The van der Waals surface area contributed by atoms with Crippen molar-refractivity contribution in [1.82, 2.24) is 9.97 Å². The number of hydrogen-bond acceptors (Lipinski definition) is 2. The van der Waals surface area contributed by atoms with Gasteiger partial charge in [-0.05, 0) is 25.2 Å². The first-order valence-electron chi connectivity index (χ1n) is 5.71. The molecule has 2 nitrogen and oxygen atoms in total. The van der Waals surface area contributed by atoms with Crippen LogP contribution in [0, 0.1) is 5.92 Å². The van der Waals surface area contributed by atoms with E-state index >= 15 is 0 Å². The van der Waals surface area contributed by atoms with Crippen LogP contribution < -0.4 is 0 Å². The summed E-state index contributed by atoms with van der Waals surface area (Å²) in [5, 5.41) is 0. The topological polar surface area (TPSA) is 25.8 Å². The van der Waals surface area contributed by atoms with E-state index in [1.54, 1.807) is 12.4 Å². The molecule has 82 valence electrons. The number of hydrogen-bond donors (Lipinski definition) is 0. The van der Waals surface area contributed by atoms with Crippen molar-refractivity contribution in [1.29, 1.82) is 0 Å². The summed E-state index contributed by atoms with van der Waals surface area (Å²) in [5.74, 6) is 1.39. The van der Waals surface area contributed by atoms with Crippen molar-refractivity contribution >= 4 is 15.9 Å². The maximum absolute atomic E-state index is 4.45. The molecule has 0 N–H and O–H groups in total. The zero-order valence-electron chi connectivity index (χ0n) is 9.06. The molecule has 1 saturated carbocycles. The van der Waals surface area contributed by atoms with Crippen LogP contribution in [-0.4, -0.2) is 14.8 Å². The van der Waals surface area contributed by atoms with Gasteiger partial charge in [0.2, 0.25) is 0 Å². The first-order chi connectivity index (χ1) is 7.31. The standard InChI is InChI=1S/C12H17BrN2/c1-2-9-3-4-10(13)7-11(9)12-8-14-5-6-15-12/h5-6,8-11H,2-4,7H2,1H3. The smallest absolute Gasteiger partial charge is 0.0620 e. The minimum Gasteiger partial charge on any atom is -0.261 e. The van der Waals surface area contributed by atoms with Crippen molar-refractivity contribution in [2.75, 3.05) is 0 Å². The number of aromatic nitrogens is 2. The Kier molecular flexibility index (Phi) is 3.73. The van der Waals surface area contributed by atoms with Gasteiger partial charge >= 0.3 is 0 Å². The number of alkyl halides is 1. The van der Waals surface area contributed by atoms with E-state index in [1.165, 1.54) is 31.4 Å². The molecule has 2 rings (SSSR count). The second kappa shape index (κ2) is 5.06. The van der Waals surface area contributed by atoms with Crippen LogP contribution in [0.1, 0.15) is 44.2 Å². The second-order valence-electron chi connectivity index (χ2n) is 4.32. The normalized spacial score (nSPS) is 31.5. The highest BCUT2D eigenvalue weighted by atomic mass is 79.9. The molecule has 0 amide bonds. The molecule has 0 aliphatic heterocycles. The first-order valence-corrected chi connectivity index (χ1v) is 6.62. The predicted molar refractivity (Wildman–Crippen MR) is 65.1 cm³/mol. The SMILES string of the molecule is CCC1CCC(Br)CC1c1cnccn1. The van der Waals surface area contributed by atoms with E-state index in [1.807, 2.05) is 6.20 Å². The van der Waals surface area contributed by atoms with E-state index in [9.17, 15) is 0 Å². The molecular formula is C12H17BrN2. The minimum absolute atomic E-state index is 0.599. The van der Waals surface area contributed by atoms with Gasteiger partial charge in [0.15, 0.2) is 0 Å². The second-order valence-corrected chi connectivity index (χ2v) is 5.61. The number of rotatable bonds is 2. The average Bonchev–Trinajstić information content (AvgIpc) is 2.30. The van der Waals surface area contributed by atoms with Crippen molar-refractivity contribution in [3.8, 4) is 0 Å². The van der Waals surface area contributed by atoms with E-state index in [0.29, 0.717) is 10.7 Å². The molecular weight excluding hydrogens is 252 g/mol. The average molecular weight is 269 g/mol. The zero-order chi connectivity index (χ0) is 10.7. The van der Waals surface area contributed by atoms with E-state index in [2.05, 4.69) is 32.8 Å². The highest BCUT2D eigenvalue weighted by molar-refractivity contribution is 9.09. The minimum atomic E-state index is 0.599. The molecule has 1 aliphatic rings. The summed E-state index contributed by atoms with van der Waals surface area (Å²) in [6.07, 6.45) is 10.6. The summed E-state index contributed by atoms with van der Waals surface area (Å²) in [7, 11) is 0. The zero-order valence-corrected chi connectivity index (χ0v) is 10.7. The van der Waals surface area contributed by atoms with Crippen molar-refractivity contribution < 1.29 is 0 Å². The molecule has 0 spiro atoms.